The molecule has 0 saturated heterocycles. The molecule has 0 aromatic heterocycles. The van der Waals surface area contributed by atoms with Gasteiger partial charge in [0.2, 0.25) is 5.91 Å². The monoisotopic (exact) mass is 958 g/mol. The Labute approximate surface area is 412 Å². The Hall–Kier alpha value is -2.81. The zero-order valence-electron chi connectivity index (χ0n) is 43.9. The summed E-state index contributed by atoms with van der Waals surface area (Å²) in [6.07, 6.45) is 60.3. The number of hydrogen-bond donors (Lipinski definition) is 2. The molecule has 9 nitrogen and oxygen atoms in total. The van der Waals surface area contributed by atoms with Gasteiger partial charge in [-0.25, -0.2) is 4.57 Å². The van der Waals surface area contributed by atoms with Gasteiger partial charge in [0.15, 0.2) is 0 Å². The van der Waals surface area contributed by atoms with Gasteiger partial charge in [0.05, 0.1) is 33.8 Å². The van der Waals surface area contributed by atoms with E-state index in [1.165, 1.54) is 89.9 Å². The number of rotatable bonds is 47. The largest absolute Gasteiger partial charge is 0.472 e. The summed E-state index contributed by atoms with van der Waals surface area (Å²) in [5, 5.41) is 2.98. The van der Waals surface area contributed by atoms with E-state index in [1.807, 2.05) is 45.4 Å². The number of hydrogen-bond acceptors (Lipinski definition) is 6. The fraction of sp³-hybridized carbons (Fsp3) is 0.719. The maximum Gasteiger partial charge on any atom is 0.472 e. The van der Waals surface area contributed by atoms with Crippen LogP contribution in [0.15, 0.2) is 85.1 Å². The number of allylic oxidation sites excluding steroid dienone is 13. The maximum absolute atomic E-state index is 13.4. The maximum atomic E-state index is 13.4. The molecule has 0 rings (SSSR count). The van der Waals surface area contributed by atoms with Crippen molar-refractivity contribution in [2.45, 2.75) is 226 Å². The highest BCUT2D eigenvalue weighted by Gasteiger charge is 2.30. The highest BCUT2D eigenvalue weighted by molar-refractivity contribution is 7.47. The smallest absolute Gasteiger partial charge is 0.456 e. The molecular formula is C57H102N2O7P+. The van der Waals surface area contributed by atoms with Crippen LogP contribution in [-0.2, 0) is 27.9 Å². The van der Waals surface area contributed by atoms with Gasteiger partial charge in [-0.1, -0.05) is 196 Å². The van der Waals surface area contributed by atoms with Crippen molar-refractivity contribution >= 4 is 19.7 Å². The lowest BCUT2D eigenvalue weighted by molar-refractivity contribution is -0.870. The van der Waals surface area contributed by atoms with Crippen LogP contribution in [0.25, 0.3) is 0 Å². The number of likely N-dealkylation sites (N-methyl/N-ethyl adjacent to an activating group) is 1. The van der Waals surface area contributed by atoms with Crippen molar-refractivity contribution < 1.29 is 37.3 Å². The van der Waals surface area contributed by atoms with E-state index in [2.05, 4.69) is 86.8 Å². The fourth-order valence-electron chi connectivity index (χ4n) is 7.16. The van der Waals surface area contributed by atoms with Crippen LogP contribution in [0.3, 0.4) is 0 Å². The Morgan fingerprint density at radius 2 is 0.970 bits per heavy atom. The molecule has 0 aliphatic rings. The first-order chi connectivity index (χ1) is 32.4. The highest BCUT2D eigenvalue weighted by Crippen LogP contribution is 2.43. The van der Waals surface area contributed by atoms with Crippen molar-refractivity contribution in [1.29, 1.82) is 0 Å². The number of esters is 1. The molecule has 0 saturated carbocycles. The molecule has 67 heavy (non-hydrogen) atoms. The molecule has 386 valence electrons. The second kappa shape index (κ2) is 46.9. The van der Waals surface area contributed by atoms with Crippen molar-refractivity contribution in [3.8, 4) is 0 Å². The molecule has 0 spiro atoms. The molecule has 3 atom stereocenters. The van der Waals surface area contributed by atoms with E-state index >= 15 is 0 Å². The first-order valence-corrected chi connectivity index (χ1v) is 28.4. The molecular weight excluding hydrogens is 856 g/mol. The molecule has 0 aromatic carbocycles. The van der Waals surface area contributed by atoms with Crippen LogP contribution in [0.5, 0.6) is 0 Å². The molecule has 0 heterocycles. The number of nitrogens with zero attached hydrogens (tertiary/aromatic N) is 1. The number of carbonyl (C=O) groups excluding carboxylic acids is 2. The second-order valence-corrected chi connectivity index (χ2v) is 20.5. The van der Waals surface area contributed by atoms with Crippen LogP contribution in [0.4, 0.5) is 0 Å². The topological polar surface area (TPSA) is 111 Å². The molecule has 0 fully saturated rings. The van der Waals surface area contributed by atoms with E-state index in [0.29, 0.717) is 23.9 Å². The standard InChI is InChI=1S/C57H101N2O7P/c1-7-10-13-16-19-22-25-28-29-30-32-34-37-40-43-46-49-56(60)58-54(53-65-67(62,63)64-52-51-59(4,5)6)55(48-45-42-39-36-33-27-24-21-18-15-12-9-3)66-57(61)50-47-44-41-38-35-31-26-23-20-17-14-11-8-2/h10,13,19,22,28-29,31-32,34-35,40,43,45,48,54-55H,7-9,11-12,14-18,20-21,23-27,30,33,36-39,41-42,44,46-47,49-53H2,1-6H3,(H-,58,60,62,63)/p+1/b13-10+,22-19+,29-28+,34-32+,35-31-,43-40+,48-45+. The third-order valence-corrected chi connectivity index (χ3v) is 12.3. The Morgan fingerprint density at radius 1 is 0.537 bits per heavy atom. The van der Waals surface area contributed by atoms with E-state index in [0.717, 1.165) is 77.0 Å². The number of amides is 1. The quantitative estimate of drug-likeness (QED) is 0.0205. The third-order valence-electron chi connectivity index (χ3n) is 11.3. The predicted molar refractivity (Wildman–Crippen MR) is 286 cm³/mol. The van der Waals surface area contributed by atoms with Gasteiger partial charge in [0.1, 0.15) is 19.3 Å². The zero-order valence-corrected chi connectivity index (χ0v) is 44.8. The van der Waals surface area contributed by atoms with Crippen LogP contribution >= 0.6 is 7.82 Å². The normalized spacial score (nSPS) is 14.6. The van der Waals surface area contributed by atoms with E-state index in [9.17, 15) is 19.0 Å². The average molecular weight is 958 g/mol. The molecule has 3 unspecified atom stereocenters. The van der Waals surface area contributed by atoms with Crippen LogP contribution in [0.1, 0.15) is 213 Å². The lowest BCUT2D eigenvalue weighted by atomic mass is 10.1. The Kier molecular flexibility index (Phi) is 44.9. The van der Waals surface area contributed by atoms with Gasteiger partial charge < -0.3 is 19.4 Å². The van der Waals surface area contributed by atoms with E-state index in [1.54, 1.807) is 0 Å². The highest BCUT2D eigenvalue weighted by atomic mass is 31.2. The van der Waals surface area contributed by atoms with Gasteiger partial charge in [-0.3, -0.25) is 18.6 Å². The number of unbranched alkanes of at least 4 members (excludes halogenated alkanes) is 19. The minimum Gasteiger partial charge on any atom is -0.456 e. The zero-order chi connectivity index (χ0) is 49.4. The first-order valence-electron chi connectivity index (χ1n) is 26.9. The summed E-state index contributed by atoms with van der Waals surface area (Å²) in [7, 11) is 1.43. The molecule has 0 aromatic rings. The molecule has 0 aliphatic carbocycles. The van der Waals surface area contributed by atoms with Crippen LogP contribution in [0.2, 0.25) is 0 Å². The van der Waals surface area contributed by atoms with Crippen molar-refractivity contribution in [3.05, 3.63) is 85.1 Å². The molecule has 2 N–H and O–H groups in total. The summed E-state index contributed by atoms with van der Waals surface area (Å²) in [6, 6.07) is -0.895. The van der Waals surface area contributed by atoms with Crippen LogP contribution in [-0.4, -0.2) is 74.3 Å². The Balaban J connectivity index is 5.56. The Bertz CT molecular complexity index is 1430. The van der Waals surface area contributed by atoms with Crippen LogP contribution < -0.4 is 5.32 Å². The van der Waals surface area contributed by atoms with Crippen molar-refractivity contribution in [2.24, 2.45) is 0 Å². The fourth-order valence-corrected chi connectivity index (χ4v) is 7.89. The second-order valence-electron chi connectivity index (χ2n) is 19.0. The number of phosphoric acid groups is 1. The minimum atomic E-state index is -4.47. The van der Waals surface area contributed by atoms with E-state index < -0.39 is 20.0 Å². The van der Waals surface area contributed by atoms with Gasteiger partial charge >= 0.3 is 13.8 Å². The van der Waals surface area contributed by atoms with Crippen LogP contribution in [0, 0.1) is 0 Å². The predicted octanol–water partition coefficient (Wildman–Crippen LogP) is 15.9. The van der Waals surface area contributed by atoms with E-state index in [4.69, 9.17) is 13.8 Å². The van der Waals surface area contributed by atoms with Gasteiger partial charge in [0, 0.05) is 12.8 Å². The number of ether oxygens (including phenoxy) is 1. The number of phosphoric ester groups is 1. The number of carbonyl (C=O) groups is 2. The summed E-state index contributed by atoms with van der Waals surface area (Å²) in [4.78, 5) is 37.4. The van der Waals surface area contributed by atoms with Crippen molar-refractivity contribution in [1.82, 2.24) is 5.32 Å². The SMILES string of the molecule is CC/C=C/C/C=C/C/C=C/C/C=C/C/C=C/CCC(=O)NC(COP(=O)(O)OCC[N+](C)(C)C)C(/C=C/CCCCCCCCCCCC)OC(=O)CCCCC/C=C\CCCCCCCC. The van der Waals surface area contributed by atoms with Gasteiger partial charge in [-0.2, -0.15) is 0 Å². The lowest BCUT2D eigenvalue weighted by Crippen LogP contribution is -2.47. The lowest BCUT2D eigenvalue weighted by Gasteiger charge is -2.27. The molecule has 0 aliphatic heterocycles. The van der Waals surface area contributed by atoms with Crippen molar-refractivity contribution in [3.63, 3.8) is 0 Å². The summed E-state index contributed by atoms with van der Waals surface area (Å²) >= 11 is 0. The van der Waals surface area contributed by atoms with Gasteiger partial charge in [0.25, 0.3) is 0 Å². The minimum absolute atomic E-state index is 0.0215. The molecule has 10 heteroatoms. The summed E-state index contributed by atoms with van der Waals surface area (Å²) in [5.74, 6) is -0.626. The van der Waals surface area contributed by atoms with Gasteiger partial charge in [-0.15, -0.1) is 0 Å². The van der Waals surface area contributed by atoms with E-state index in [-0.39, 0.29) is 37.9 Å². The summed E-state index contributed by atoms with van der Waals surface area (Å²) in [6.45, 7) is 6.79. The number of quaternary nitrogens is 1. The average Bonchev–Trinajstić information content (AvgIpc) is 3.28. The van der Waals surface area contributed by atoms with Gasteiger partial charge in [-0.05, 0) is 89.5 Å². The first kappa shape index (κ1) is 64.2. The third kappa shape index (κ3) is 48.0. The number of nitrogens with one attached hydrogen (secondary N) is 1. The summed E-state index contributed by atoms with van der Waals surface area (Å²) in [5.41, 5.74) is 0. The molecule has 1 amide bonds. The van der Waals surface area contributed by atoms with Crippen molar-refractivity contribution in [2.75, 3.05) is 40.9 Å². The molecule has 0 bridgehead atoms. The summed E-state index contributed by atoms with van der Waals surface area (Å²) < 4.78 is 30.5. The molecule has 0 radical (unpaired) electrons. The Morgan fingerprint density at radius 3 is 1.46 bits per heavy atom.